The van der Waals surface area contributed by atoms with Gasteiger partial charge in [0, 0.05) is 21.1 Å². The van der Waals surface area contributed by atoms with Gasteiger partial charge in [-0.15, -0.1) is 0 Å². The minimum atomic E-state index is 0.696. The van der Waals surface area contributed by atoms with E-state index >= 15 is 0 Å². The van der Waals surface area contributed by atoms with Crippen LogP contribution in [-0.2, 0) is 7.05 Å². The zero-order valence-electron chi connectivity index (χ0n) is 7.89. The lowest BCUT2D eigenvalue weighted by molar-refractivity contribution is 0.829. The molecule has 5 nitrogen and oxygen atoms in total. The van der Waals surface area contributed by atoms with E-state index in [0.29, 0.717) is 5.82 Å². The molecule has 2 aliphatic heterocycles. The second-order valence-corrected chi connectivity index (χ2v) is 3.12. The first-order valence-electron chi connectivity index (χ1n) is 3.99. The number of nitrogens with zero attached hydrogens (tertiary/aromatic N) is 5. The highest BCUT2D eigenvalue weighted by molar-refractivity contribution is 5.67. The molecular formula is C8H11N5. The van der Waals surface area contributed by atoms with Crippen LogP contribution < -0.4 is 4.90 Å². The van der Waals surface area contributed by atoms with Crippen LogP contribution in [0.5, 0.6) is 0 Å². The largest absolute Gasteiger partial charge is 0.362 e. The molecule has 0 radical (unpaired) electrons. The molecule has 0 aromatic heterocycles. The number of anilines is 1. The molecule has 5 heteroatoms. The average Bonchev–Trinajstić information content (AvgIpc) is 2.50. The number of aromatic nitrogens is 4. The van der Waals surface area contributed by atoms with Gasteiger partial charge in [-0.1, -0.05) is 0 Å². The van der Waals surface area contributed by atoms with Crippen molar-refractivity contribution in [1.29, 1.82) is 0 Å². The summed E-state index contributed by atoms with van der Waals surface area (Å²) in [6.45, 7) is 0. The molecule has 0 bridgehead atoms. The Kier molecular flexibility index (Phi) is 1.65. The third-order valence-electron chi connectivity index (χ3n) is 1.90. The Bertz CT molecular complexity index is 392. The van der Waals surface area contributed by atoms with Crippen molar-refractivity contribution in [2.45, 2.75) is 0 Å². The standard InChI is InChI=1S/C8H11N5/c1-12(2)8-6-7(10-4-9-6)11-5-13(8)3/h4-5H,1-3H3. The summed E-state index contributed by atoms with van der Waals surface area (Å²) < 4.78 is 1.93. The molecule has 0 saturated heterocycles. The second-order valence-electron chi connectivity index (χ2n) is 3.12. The van der Waals surface area contributed by atoms with Gasteiger partial charge < -0.3 is 9.47 Å². The highest BCUT2D eigenvalue weighted by atomic mass is 15.2. The van der Waals surface area contributed by atoms with Gasteiger partial charge in [-0.05, 0) is 0 Å². The molecule has 2 heterocycles. The van der Waals surface area contributed by atoms with Crippen LogP contribution in [-0.4, -0.2) is 33.6 Å². The summed E-state index contributed by atoms with van der Waals surface area (Å²) in [5.74, 6) is 1.71. The Labute approximate surface area is 76.4 Å². The number of rotatable bonds is 1. The molecule has 2 aliphatic rings. The maximum atomic E-state index is 4.16. The maximum Gasteiger partial charge on any atom is 0.184 e. The molecule has 0 N–H and O–H groups in total. The highest BCUT2D eigenvalue weighted by Crippen LogP contribution is 2.24. The van der Waals surface area contributed by atoms with E-state index in [4.69, 9.17) is 0 Å². The van der Waals surface area contributed by atoms with Crippen molar-refractivity contribution in [3.63, 3.8) is 0 Å². The van der Waals surface area contributed by atoms with E-state index in [1.54, 1.807) is 6.33 Å². The van der Waals surface area contributed by atoms with Crippen molar-refractivity contribution in [3.05, 3.63) is 12.7 Å². The highest BCUT2D eigenvalue weighted by Gasteiger charge is 2.15. The van der Waals surface area contributed by atoms with E-state index in [1.165, 1.54) is 6.33 Å². The van der Waals surface area contributed by atoms with Gasteiger partial charge in [0.05, 0.1) is 6.33 Å². The average molecular weight is 177 g/mol. The fourth-order valence-electron chi connectivity index (χ4n) is 1.40. The normalized spacial score (nSPS) is 10.7. The Morgan fingerprint density at radius 2 is 2.00 bits per heavy atom. The van der Waals surface area contributed by atoms with Crippen LogP contribution >= 0.6 is 0 Å². The summed E-state index contributed by atoms with van der Waals surface area (Å²) in [4.78, 5) is 14.4. The molecule has 2 rings (SSSR count). The molecular weight excluding hydrogens is 166 g/mol. The lowest BCUT2D eigenvalue weighted by atomic mass is 10.3. The molecule has 0 aromatic rings. The molecule has 68 valence electrons. The molecule has 13 heavy (non-hydrogen) atoms. The van der Waals surface area contributed by atoms with Crippen LogP contribution in [0.3, 0.4) is 0 Å². The van der Waals surface area contributed by atoms with Crippen LogP contribution in [0.4, 0.5) is 5.82 Å². The number of hydrogen-bond acceptors (Lipinski definition) is 4. The third-order valence-corrected chi connectivity index (χ3v) is 1.90. The first-order chi connectivity index (χ1) is 6.20. The van der Waals surface area contributed by atoms with Crippen molar-refractivity contribution in [3.8, 4) is 11.5 Å². The van der Waals surface area contributed by atoms with Crippen LogP contribution in [0.25, 0.3) is 11.5 Å². The van der Waals surface area contributed by atoms with Gasteiger partial charge in [-0.25, -0.2) is 15.0 Å². The van der Waals surface area contributed by atoms with Gasteiger partial charge in [0.15, 0.2) is 11.5 Å². The van der Waals surface area contributed by atoms with Crippen molar-refractivity contribution < 1.29 is 0 Å². The Morgan fingerprint density at radius 3 is 2.69 bits per heavy atom. The SMILES string of the molecule is CN(C)c1c2ncnc-2ncn1C. The van der Waals surface area contributed by atoms with Gasteiger partial charge in [-0.3, -0.25) is 0 Å². The number of aryl methyl sites for hydroxylation is 1. The topological polar surface area (TPSA) is 46.8 Å². The van der Waals surface area contributed by atoms with Crippen molar-refractivity contribution in [2.24, 2.45) is 7.05 Å². The number of imidazole rings is 1. The van der Waals surface area contributed by atoms with Gasteiger partial charge in [-0.2, -0.15) is 0 Å². The van der Waals surface area contributed by atoms with E-state index in [1.807, 2.05) is 30.6 Å². The Balaban J connectivity index is 2.71. The first kappa shape index (κ1) is 7.97. The van der Waals surface area contributed by atoms with E-state index in [0.717, 1.165) is 11.5 Å². The molecule has 0 fully saturated rings. The molecule has 0 spiro atoms. The van der Waals surface area contributed by atoms with Crippen molar-refractivity contribution in [2.75, 3.05) is 19.0 Å². The molecule has 0 aliphatic carbocycles. The summed E-state index contributed by atoms with van der Waals surface area (Å²) in [5.41, 5.74) is 0.843. The zero-order valence-corrected chi connectivity index (χ0v) is 7.89. The first-order valence-corrected chi connectivity index (χ1v) is 3.99. The van der Waals surface area contributed by atoms with Crippen LogP contribution in [0, 0.1) is 0 Å². The number of hydrogen-bond donors (Lipinski definition) is 0. The lowest BCUT2D eigenvalue weighted by Crippen LogP contribution is -2.17. The lowest BCUT2D eigenvalue weighted by Gasteiger charge is -2.18. The van der Waals surface area contributed by atoms with E-state index in [-0.39, 0.29) is 0 Å². The molecule has 0 saturated carbocycles. The van der Waals surface area contributed by atoms with Crippen molar-refractivity contribution in [1.82, 2.24) is 19.5 Å². The zero-order chi connectivity index (χ0) is 9.42. The molecule has 0 atom stereocenters. The number of fused-ring (bicyclic) bond motifs is 1. The third kappa shape index (κ3) is 1.12. The fourth-order valence-corrected chi connectivity index (χ4v) is 1.40. The molecule has 0 aromatic carbocycles. The quantitative estimate of drug-likeness (QED) is 0.631. The van der Waals surface area contributed by atoms with Crippen LogP contribution in [0.15, 0.2) is 12.7 Å². The molecule has 0 unspecified atom stereocenters. The van der Waals surface area contributed by atoms with Crippen LogP contribution in [0.2, 0.25) is 0 Å². The van der Waals surface area contributed by atoms with E-state index in [2.05, 4.69) is 15.0 Å². The predicted molar refractivity (Wildman–Crippen MR) is 49.7 cm³/mol. The minimum Gasteiger partial charge on any atom is -0.362 e. The minimum absolute atomic E-state index is 0.696. The van der Waals surface area contributed by atoms with Gasteiger partial charge in [0.2, 0.25) is 0 Å². The van der Waals surface area contributed by atoms with Crippen LogP contribution in [0.1, 0.15) is 0 Å². The monoisotopic (exact) mass is 177 g/mol. The molecule has 0 amide bonds. The smallest absolute Gasteiger partial charge is 0.184 e. The van der Waals surface area contributed by atoms with E-state index < -0.39 is 0 Å². The summed E-state index contributed by atoms with van der Waals surface area (Å²) in [5, 5.41) is 0. The second kappa shape index (κ2) is 2.69. The maximum absolute atomic E-state index is 4.16. The van der Waals surface area contributed by atoms with Gasteiger partial charge in [0.25, 0.3) is 0 Å². The van der Waals surface area contributed by atoms with Crippen molar-refractivity contribution >= 4 is 5.82 Å². The Hall–Kier alpha value is -1.65. The fraction of sp³-hybridized carbons (Fsp3) is 0.375. The summed E-state index contributed by atoms with van der Waals surface area (Å²) >= 11 is 0. The summed E-state index contributed by atoms with van der Waals surface area (Å²) in [6.07, 6.45) is 3.27. The predicted octanol–water partition coefficient (Wildman–Crippen LogP) is 0.381. The van der Waals surface area contributed by atoms with Gasteiger partial charge in [0.1, 0.15) is 12.1 Å². The van der Waals surface area contributed by atoms with Gasteiger partial charge >= 0.3 is 0 Å². The van der Waals surface area contributed by atoms with E-state index in [9.17, 15) is 0 Å². The summed E-state index contributed by atoms with van der Waals surface area (Å²) in [6, 6.07) is 0. The summed E-state index contributed by atoms with van der Waals surface area (Å²) in [7, 11) is 5.89. The Morgan fingerprint density at radius 1 is 1.23 bits per heavy atom.